The third-order valence-electron chi connectivity index (χ3n) is 3.61. The second-order valence-corrected chi connectivity index (χ2v) is 8.99. The van der Waals surface area contributed by atoms with Crippen LogP contribution in [0.1, 0.15) is 56.1 Å². The Morgan fingerprint density at radius 1 is 1.30 bits per heavy atom. The summed E-state index contributed by atoms with van der Waals surface area (Å²) in [6, 6.07) is 5.78. The molecule has 1 heterocycles. The molecule has 0 saturated carbocycles. The topological polar surface area (TPSA) is 37.4 Å². The molecule has 0 bridgehead atoms. The molecule has 1 aliphatic heterocycles. The number of nitrogens with zero attached hydrogens (tertiary/aromatic N) is 1. The maximum Gasteiger partial charge on any atom is 0.265 e. The SMILES string of the molecule is C=S1(=O)Cc2ccc(C(C)(C)C)cc2C(=O)N1C(C)C. The summed E-state index contributed by atoms with van der Waals surface area (Å²) < 4.78 is 14.1. The summed E-state index contributed by atoms with van der Waals surface area (Å²) in [5.74, 6) is 3.97. The van der Waals surface area contributed by atoms with Crippen LogP contribution >= 0.6 is 0 Å². The van der Waals surface area contributed by atoms with Gasteiger partial charge in [-0.15, -0.1) is 0 Å². The highest BCUT2D eigenvalue weighted by molar-refractivity contribution is 7.98. The van der Waals surface area contributed by atoms with E-state index in [1.54, 1.807) is 0 Å². The van der Waals surface area contributed by atoms with E-state index in [9.17, 15) is 9.00 Å². The maximum atomic E-state index is 12.7. The van der Waals surface area contributed by atoms with Gasteiger partial charge in [0, 0.05) is 11.6 Å². The lowest BCUT2D eigenvalue weighted by Crippen LogP contribution is -2.46. The van der Waals surface area contributed by atoms with Crippen molar-refractivity contribution in [2.75, 3.05) is 0 Å². The molecule has 0 spiro atoms. The summed E-state index contributed by atoms with van der Waals surface area (Å²) in [5, 5.41) is 0. The van der Waals surface area contributed by atoms with Gasteiger partial charge in [0.25, 0.3) is 5.91 Å². The van der Waals surface area contributed by atoms with E-state index in [0.29, 0.717) is 11.3 Å². The minimum absolute atomic E-state index is 0.0126. The molecule has 1 atom stereocenters. The molecule has 0 N–H and O–H groups in total. The second kappa shape index (κ2) is 4.62. The quantitative estimate of drug-likeness (QED) is 0.747. The Hall–Kier alpha value is -1.29. The molecule has 110 valence electrons. The molecule has 1 aliphatic rings. The van der Waals surface area contributed by atoms with Crippen molar-refractivity contribution in [3.8, 4) is 0 Å². The molecule has 0 radical (unpaired) electrons. The summed E-state index contributed by atoms with van der Waals surface area (Å²) in [6.45, 7) is 10.1. The molecule has 2 rings (SSSR count). The van der Waals surface area contributed by atoms with Gasteiger partial charge in [0.2, 0.25) is 0 Å². The van der Waals surface area contributed by atoms with E-state index in [2.05, 4.69) is 26.6 Å². The van der Waals surface area contributed by atoms with Crippen molar-refractivity contribution in [2.24, 2.45) is 0 Å². The molecule has 20 heavy (non-hydrogen) atoms. The summed E-state index contributed by atoms with van der Waals surface area (Å²) >= 11 is 0. The molecule has 0 aromatic heterocycles. The van der Waals surface area contributed by atoms with Crippen LogP contribution in [0.3, 0.4) is 0 Å². The molecule has 4 heteroatoms. The predicted molar refractivity (Wildman–Crippen MR) is 85.4 cm³/mol. The number of hydrogen-bond acceptors (Lipinski definition) is 2. The van der Waals surface area contributed by atoms with Crippen LogP contribution in [0.25, 0.3) is 0 Å². The average Bonchev–Trinajstić information content (AvgIpc) is 2.25. The van der Waals surface area contributed by atoms with E-state index in [4.69, 9.17) is 0 Å². The molecule has 1 aromatic rings. The first-order valence-electron chi connectivity index (χ1n) is 6.86. The van der Waals surface area contributed by atoms with E-state index in [-0.39, 0.29) is 17.4 Å². The molecule has 0 fully saturated rings. The molecular weight excluding hydrogens is 270 g/mol. The minimum atomic E-state index is -2.55. The van der Waals surface area contributed by atoms with Gasteiger partial charge in [0.1, 0.15) is 0 Å². The third-order valence-corrected chi connectivity index (χ3v) is 5.68. The summed E-state index contributed by atoms with van der Waals surface area (Å²) in [7, 11) is -2.55. The number of rotatable bonds is 1. The Balaban J connectivity index is 2.60. The Labute approximate surface area is 122 Å². The highest BCUT2D eigenvalue weighted by atomic mass is 32.2. The summed E-state index contributed by atoms with van der Waals surface area (Å²) in [6.07, 6.45) is 0. The van der Waals surface area contributed by atoms with Crippen LogP contribution in [-0.2, 0) is 20.9 Å². The van der Waals surface area contributed by atoms with Crippen molar-refractivity contribution in [3.05, 3.63) is 34.9 Å². The van der Waals surface area contributed by atoms with Crippen LogP contribution in [0.5, 0.6) is 0 Å². The molecule has 0 aliphatic carbocycles. The Kier molecular flexibility index (Phi) is 3.49. The fraction of sp³-hybridized carbons (Fsp3) is 0.500. The van der Waals surface area contributed by atoms with Gasteiger partial charge in [0.15, 0.2) is 0 Å². The largest absolute Gasteiger partial charge is 0.268 e. The molecule has 0 saturated heterocycles. The third kappa shape index (κ3) is 2.49. The van der Waals surface area contributed by atoms with Gasteiger partial charge >= 0.3 is 0 Å². The molecular formula is C16H23NO2S. The fourth-order valence-corrected chi connectivity index (χ4v) is 4.61. The molecule has 1 amide bonds. The number of hydrogen-bond donors (Lipinski definition) is 0. The second-order valence-electron chi connectivity index (χ2n) is 6.76. The van der Waals surface area contributed by atoms with Crippen LogP contribution in [0.4, 0.5) is 0 Å². The van der Waals surface area contributed by atoms with E-state index >= 15 is 0 Å². The first-order chi connectivity index (χ1) is 9.04. The van der Waals surface area contributed by atoms with Crippen LogP contribution in [0, 0.1) is 0 Å². The van der Waals surface area contributed by atoms with E-state index in [0.717, 1.165) is 11.1 Å². The van der Waals surface area contributed by atoms with Gasteiger partial charge in [-0.05, 0) is 42.3 Å². The van der Waals surface area contributed by atoms with Gasteiger partial charge in [-0.2, -0.15) is 0 Å². The van der Waals surface area contributed by atoms with Crippen molar-refractivity contribution >= 4 is 21.5 Å². The van der Waals surface area contributed by atoms with Crippen molar-refractivity contribution in [3.63, 3.8) is 0 Å². The highest BCUT2D eigenvalue weighted by Gasteiger charge is 2.34. The zero-order chi connectivity index (χ0) is 15.3. The lowest BCUT2D eigenvalue weighted by Gasteiger charge is -2.35. The number of fused-ring (bicyclic) bond motifs is 1. The Bertz CT molecular complexity index is 652. The van der Waals surface area contributed by atoms with Gasteiger partial charge in [-0.1, -0.05) is 32.9 Å². The Morgan fingerprint density at radius 3 is 2.40 bits per heavy atom. The van der Waals surface area contributed by atoms with Gasteiger partial charge in [0.05, 0.1) is 15.5 Å². The van der Waals surface area contributed by atoms with Crippen LogP contribution in [0.2, 0.25) is 0 Å². The molecule has 1 unspecified atom stereocenters. The highest BCUT2D eigenvalue weighted by Crippen LogP contribution is 2.31. The standard InChI is InChI=1S/C16H23NO2S/c1-11(2)17-15(18)14-9-13(16(3,4)5)8-7-12(14)10-20(17,6)19/h7-9,11H,6,10H2,1-5H3. The van der Waals surface area contributed by atoms with Crippen LogP contribution in [-0.4, -0.2) is 26.3 Å². The van der Waals surface area contributed by atoms with Crippen molar-refractivity contribution in [1.29, 1.82) is 0 Å². The predicted octanol–water partition coefficient (Wildman–Crippen LogP) is 2.98. The first-order valence-corrected chi connectivity index (χ1v) is 8.71. The first kappa shape index (κ1) is 15.1. The summed E-state index contributed by atoms with van der Waals surface area (Å²) in [5.41, 5.74) is 2.63. The number of carbonyl (C=O) groups is 1. The van der Waals surface area contributed by atoms with Gasteiger partial charge in [-0.3, -0.25) is 9.10 Å². The average molecular weight is 293 g/mol. The Morgan fingerprint density at radius 2 is 1.90 bits per heavy atom. The fourth-order valence-electron chi connectivity index (χ4n) is 2.57. The molecule has 3 nitrogen and oxygen atoms in total. The van der Waals surface area contributed by atoms with Crippen LogP contribution in [0.15, 0.2) is 18.2 Å². The zero-order valence-corrected chi connectivity index (χ0v) is 13.7. The maximum absolute atomic E-state index is 12.7. The monoisotopic (exact) mass is 293 g/mol. The lowest BCUT2D eigenvalue weighted by atomic mass is 9.85. The van der Waals surface area contributed by atoms with Crippen molar-refractivity contribution in [1.82, 2.24) is 4.31 Å². The van der Waals surface area contributed by atoms with E-state index < -0.39 is 9.71 Å². The number of amides is 1. The molecule has 1 aromatic carbocycles. The normalized spacial score (nSPS) is 23.1. The van der Waals surface area contributed by atoms with Crippen molar-refractivity contribution < 1.29 is 9.00 Å². The minimum Gasteiger partial charge on any atom is -0.268 e. The number of benzene rings is 1. The smallest absolute Gasteiger partial charge is 0.265 e. The van der Waals surface area contributed by atoms with E-state index in [1.165, 1.54) is 4.31 Å². The van der Waals surface area contributed by atoms with Gasteiger partial charge in [-0.25, -0.2) is 4.21 Å². The summed E-state index contributed by atoms with van der Waals surface area (Å²) in [4.78, 5) is 12.7. The van der Waals surface area contributed by atoms with Crippen LogP contribution < -0.4 is 0 Å². The van der Waals surface area contributed by atoms with Gasteiger partial charge < -0.3 is 0 Å². The van der Waals surface area contributed by atoms with E-state index in [1.807, 2.05) is 32.0 Å². The number of carbonyl (C=O) groups excluding carboxylic acids is 1. The zero-order valence-electron chi connectivity index (χ0n) is 12.9. The van der Waals surface area contributed by atoms with Crippen molar-refractivity contribution in [2.45, 2.75) is 51.8 Å². The lowest BCUT2D eigenvalue weighted by molar-refractivity contribution is 0.0835.